The Morgan fingerprint density at radius 3 is 2.00 bits per heavy atom. The van der Waals surface area contributed by atoms with Crippen molar-refractivity contribution >= 4 is 17.9 Å². The first-order valence-corrected chi connectivity index (χ1v) is 6.60. The van der Waals surface area contributed by atoms with E-state index in [2.05, 4.69) is 0 Å². The van der Waals surface area contributed by atoms with Crippen molar-refractivity contribution in [1.29, 1.82) is 0 Å². The third-order valence-corrected chi connectivity index (χ3v) is 2.90. The van der Waals surface area contributed by atoms with Crippen LogP contribution >= 0.6 is 0 Å². The predicted molar refractivity (Wildman–Crippen MR) is 69.4 cm³/mol. The fraction of sp³-hybridized carbons (Fsp3) is 0.769. The summed E-state index contributed by atoms with van der Waals surface area (Å²) in [5.74, 6) is -1.90. The van der Waals surface area contributed by atoms with Gasteiger partial charge in [-0.25, -0.2) is 0 Å². The molecule has 1 N–H and O–H groups in total. The summed E-state index contributed by atoms with van der Waals surface area (Å²) in [4.78, 5) is 33.4. The van der Waals surface area contributed by atoms with Crippen molar-refractivity contribution in [3.05, 3.63) is 0 Å². The lowest BCUT2D eigenvalue weighted by Crippen LogP contribution is -2.61. The molecule has 0 bridgehead atoms. The molecule has 1 aliphatic heterocycles. The molecule has 0 saturated carbocycles. The first-order valence-electron chi connectivity index (χ1n) is 6.60. The van der Waals surface area contributed by atoms with Crippen LogP contribution in [0.1, 0.15) is 20.8 Å². The molecule has 1 rings (SSSR count). The molecule has 1 heterocycles. The average molecular weight is 320 g/mol. The molecule has 1 aliphatic rings. The lowest BCUT2D eigenvalue weighted by molar-refractivity contribution is -0.299. The summed E-state index contributed by atoms with van der Waals surface area (Å²) in [6, 6.07) is 0. The van der Waals surface area contributed by atoms with Crippen molar-refractivity contribution in [3.8, 4) is 0 Å². The van der Waals surface area contributed by atoms with Crippen molar-refractivity contribution in [3.63, 3.8) is 0 Å². The van der Waals surface area contributed by atoms with Crippen LogP contribution in [0.4, 0.5) is 0 Å². The molecule has 0 spiro atoms. The molecule has 0 unspecified atom stereocenters. The Morgan fingerprint density at radius 1 is 1.00 bits per heavy atom. The number of aliphatic hydroxyl groups is 1. The number of carbonyl (C=O) groups is 3. The van der Waals surface area contributed by atoms with E-state index in [1.807, 2.05) is 0 Å². The van der Waals surface area contributed by atoms with Crippen LogP contribution in [0, 0.1) is 0 Å². The Balaban J connectivity index is 3.00. The van der Waals surface area contributed by atoms with E-state index >= 15 is 0 Å². The number of ether oxygens (including phenoxy) is 5. The fourth-order valence-electron chi connectivity index (χ4n) is 2.08. The summed E-state index contributed by atoms with van der Waals surface area (Å²) in [7, 11) is 1.29. The van der Waals surface area contributed by atoms with E-state index in [-0.39, 0.29) is 6.61 Å². The second-order valence-electron chi connectivity index (χ2n) is 4.72. The van der Waals surface area contributed by atoms with Gasteiger partial charge in [-0.15, -0.1) is 0 Å². The first kappa shape index (κ1) is 18.3. The zero-order chi connectivity index (χ0) is 16.9. The van der Waals surface area contributed by atoms with Gasteiger partial charge >= 0.3 is 17.9 Å². The second-order valence-corrected chi connectivity index (χ2v) is 4.72. The van der Waals surface area contributed by atoms with Crippen molar-refractivity contribution in [2.24, 2.45) is 0 Å². The van der Waals surface area contributed by atoms with Crippen molar-refractivity contribution in [2.75, 3.05) is 13.7 Å². The summed E-state index contributed by atoms with van der Waals surface area (Å²) < 4.78 is 25.3. The first-order chi connectivity index (χ1) is 10.3. The van der Waals surface area contributed by atoms with Crippen molar-refractivity contribution in [1.82, 2.24) is 0 Å². The Kier molecular flexibility index (Phi) is 6.72. The highest BCUT2D eigenvalue weighted by Gasteiger charge is 2.49. The summed E-state index contributed by atoms with van der Waals surface area (Å²) in [5.41, 5.74) is 0. The molecule has 0 aliphatic carbocycles. The maximum atomic E-state index is 11.2. The minimum atomic E-state index is -1.37. The van der Waals surface area contributed by atoms with E-state index in [9.17, 15) is 19.5 Å². The van der Waals surface area contributed by atoms with Gasteiger partial charge in [0.1, 0.15) is 18.8 Å². The molecule has 0 amide bonds. The van der Waals surface area contributed by atoms with Crippen LogP contribution in [0.5, 0.6) is 0 Å². The maximum Gasteiger partial charge on any atom is 0.303 e. The van der Waals surface area contributed by atoms with Crippen LogP contribution in [0.3, 0.4) is 0 Å². The van der Waals surface area contributed by atoms with Gasteiger partial charge in [0.2, 0.25) is 0 Å². The van der Waals surface area contributed by atoms with E-state index in [0.29, 0.717) is 0 Å². The molecule has 0 aromatic carbocycles. The normalized spacial score (nSPS) is 31.2. The van der Waals surface area contributed by atoms with Crippen LogP contribution in [-0.2, 0) is 38.1 Å². The molecule has 126 valence electrons. The molecule has 0 aromatic heterocycles. The highest BCUT2D eigenvalue weighted by molar-refractivity contribution is 5.67. The minimum absolute atomic E-state index is 0.252. The van der Waals surface area contributed by atoms with E-state index in [0.717, 1.165) is 13.8 Å². The molecule has 1 fully saturated rings. The van der Waals surface area contributed by atoms with Gasteiger partial charge in [0, 0.05) is 27.9 Å². The Morgan fingerprint density at radius 2 is 1.55 bits per heavy atom. The van der Waals surface area contributed by atoms with Gasteiger partial charge in [-0.2, -0.15) is 0 Å². The van der Waals surface area contributed by atoms with Crippen LogP contribution < -0.4 is 0 Å². The van der Waals surface area contributed by atoms with Gasteiger partial charge in [-0.05, 0) is 0 Å². The maximum absolute atomic E-state index is 11.2. The van der Waals surface area contributed by atoms with E-state index in [1.54, 1.807) is 0 Å². The molecule has 22 heavy (non-hydrogen) atoms. The van der Waals surface area contributed by atoms with E-state index in [4.69, 9.17) is 23.7 Å². The van der Waals surface area contributed by atoms with Gasteiger partial charge in [-0.1, -0.05) is 0 Å². The molecule has 9 nitrogen and oxygen atoms in total. The van der Waals surface area contributed by atoms with Gasteiger partial charge in [0.15, 0.2) is 18.5 Å². The quantitative estimate of drug-likeness (QED) is 0.510. The minimum Gasteiger partial charge on any atom is -0.463 e. The third-order valence-electron chi connectivity index (χ3n) is 2.90. The lowest BCUT2D eigenvalue weighted by atomic mass is 9.98. The number of rotatable bonds is 5. The number of methoxy groups -OCH3 is 1. The number of esters is 3. The number of hydrogen-bond donors (Lipinski definition) is 1. The Labute approximate surface area is 127 Å². The molecule has 0 aromatic rings. The SMILES string of the molecule is CO[C@H]1O[C@H](COC(C)=O)[C@@H](OC(C)=O)[C@H](OC(C)=O)[C@H]1O. The Bertz CT molecular complexity index is 422. The molecule has 1 saturated heterocycles. The van der Waals surface area contributed by atoms with Gasteiger partial charge in [0.05, 0.1) is 0 Å². The standard InChI is InChI=1S/C13H20O9/c1-6(14)19-5-9-11(20-7(2)15)12(21-8(3)16)10(17)13(18-4)22-9/h9-13,17H,5H2,1-4H3/t9-,10-,11-,12-,13+/m1/s1. The monoisotopic (exact) mass is 320 g/mol. The fourth-order valence-corrected chi connectivity index (χ4v) is 2.08. The van der Waals surface area contributed by atoms with Crippen molar-refractivity contribution < 1.29 is 43.2 Å². The topological polar surface area (TPSA) is 118 Å². The largest absolute Gasteiger partial charge is 0.463 e. The molecule has 5 atom stereocenters. The van der Waals surface area contributed by atoms with Crippen LogP contribution in [0.2, 0.25) is 0 Å². The van der Waals surface area contributed by atoms with Crippen LogP contribution in [-0.4, -0.2) is 67.4 Å². The van der Waals surface area contributed by atoms with E-state index < -0.39 is 48.6 Å². The zero-order valence-corrected chi connectivity index (χ0v) is 12.8. The lowest BCUT2D eigenvalue weighted by Gasteiger charge is -2.42. The molecular weight excluding hydrogens is 300 g/mol. The van der Waals surface area contributed by atoms with E-state index in [1.165, 1.54) is 14.0 Å². The predicted octanol–water partition coefficient (Wildman–Crippen LogP) is -0.855. The third kappa shape index (κ3) is 4.93. The summed E-state index contributed by atoms with van der Waals surface area (Å²) in [6.45, 7) is 3.26. The summed E-state index contributed by atoms with van der Waals surface area (Å²) in [5, 5.41) is 10.1. The number of hydrogen-bond acceptors (Lipinski definition) is 9. The highest BCUT2D eigenvalue weighted by Crippen LogP contribution is 2.27. The van der Waals surface area contributed by atoms with Crippen LogP contribution in [0.25, 0.3) is 0 Å². The van der Waals surface area contributed by atoms with Crippen molar-refractivity contribution in [2.45, 2.75) is 51.5 Å². The second kappa shape index (κ2) is 8.06. The Hall–Kier alpha value is -1.71. The zero-order valence-electron chi connectivity index (χ0n) is 12.8. The average Bonchev–Trinajstić information content (AvgIpc) is 2.41. The molecule has 9 heteroatoms. The van der Waals surface area contributed by atoms with Gasteiger partial charge in [0.25, 0.3) is 0 Å². The number of aliphatic hydroxyl groups excluding tert-OH is 1. The highest BCUT2D eigenvalue weighted by atomic mass is 16.7. The number of carbonyl (C=O) groups excluding carboxylic acids is 3. The van der Waals surface area contributed by atoms with Gasteiger partial charge in [-0.3, -0.25) is 14.4 Å². The molecular formula is C13H20O9. The van der Waals surface area contributed by atoms with Crippen LogP contribution in [0.15, 0.2) is 0 Å². The summed E-state index contributed by atoms with van der Waals surface area (Å²) in [6.07, 6.45) is -5.79. The van der Waals surface area contributed by atoms with Gasteiger partial charge < -0.3 is 28.8 Å². The smallest absolute Gasteiger partial charge is 0.303 e. The molecule has 0 radical (unpaired) electrons. The summed E-state index contributed by atoms with van der Waals surface area (Å²) >= 11 is 0.